The van der Waals surface area contributed by atoms with Crippen LogP contribution in [0.5, 0.6) is 0 Å². The first-order chi connectivity index (χ1) is 11.7. The lowest BCUT2D eigenvalue weighted by Crippen LogP contribution is -2.32. The van der Waals surface area contributed by atoms with Crippen LogP contribution in [0.25, 0.3) is 22.2 Å². The van der Waals surface area contributed by atoms with Crippen molar-refractivity contribution in [2.24, 2.45) is 7.05 Å². The van der Waals surface area contributed by atoms with Crippen LogP contribution in [0.2, 0.25) is 0 Å². The molecule has 3 aromatic heterocycles. The lowest BCUT2D eigenvalue weighted by molar-refractivity contribution is 0.714. The van der Waals surface area contributed by atoms with Gasteiger partial charge >= 0.3 is 0 Å². The number of anilines is 1. The predicted molar refractivity (Wildman–Crippen MR) is 93.5 cm³/mol. The minimum absolute atomic E-state index is 0.753. The summed E-state index contributed by atoms with van der Waals surface area (Å²) in [5.74, 6) is 1.60. The minimum Gasteiger partial charge on any atom is -0.325 e. The van der Waals surface area contributed by atoms with Gasteiger partial charge in [-0.25, -0.2) is 4.98 Å². The number of hydrogen-bond donors (Lipinski definition) is 3. The van der Waals surface area contributed by atoms with Crippen LogP contribution in [0.4, 0.5) is 5.82 Å². The summed E-state index contributed by atoms with van der Waals surface area (Å²) in [5, 5.41) is 7.46. The van der Waals surface area contributed by atoms with Crippen molar-refractivity contribution in [3.05, 3.63) is 60.5 Å². The molecule has 0 radical (unpaired) electrons. The number of allylic oxidation sites excluding steroid dienone is 2. The largest absolute Gasteiger partial charge is 0.325 e. The van der Waals surface area contributed by atoms with E-state index in [0.717, 1.165) is 39.4 Å². The van der Waals surface area contributed by atoms with Crippen molar-refractivity contribution in [1.29, 1.82) is 0 Å². The van der Waals surface area contributed by atoms with E-state index >= 15 is 0 Å². The molecule has 0 atom stereocenters. The van der Waals surface area contributed by atoms with E-state index in [1.807, 2.05) is 63.0 Å². The number of hydrogen-bond acceptors (Lipinski definition) is 6. The Labute approximate surface area is 139 Å². The van der Waals surface area contributed by atoms with Crippen molar-refractivity contribution < 1.29 is 0 Å². The highest BCUT2D eigenvalue weighted by Gasteiger charge is 2.07. The van der Waals surface area contributed by atoms with Gasteiger partial charge in [-0.15, -0.1) is 0 Å². The molecule has 1 aliphatic rings. The molecule has 4 rings (SSSR count). The van der Waals surface area contributed by atoms with Crippen molar-refractivity contribution in [3.63, 3.8) is 0 Å². The first-order valence-corrected chi connectivity index (χ1v) is 7.60. The van der Waals surface area contributed by atoms with E-state index in [-0.39, 0.29) is 0 Å². The van der Waals surface area contributed by atoms with Gasteiger partial charge in [-0.05, 0) is 36.8 Å². The fraction of sp³-hybridized carbons (Fsp3) is 0.118. The summed E-state index contributed by atoms with van der Waals surface area (Å²) in [5.41, 5.74) is 10.9. The maximum Gasteiger partial charge on any atom is 0.132 e. The molecule has 0 saturated heterocycles. The van der Waals surface area contributed by atoms with Crippen LogP contribution in [-0.2, 0) is 7.05 Å². The summed E-state index contributed by atoms with van der Waals surface area (Å²) in [6.45, 7) is 2.02. The van der Waals surface area contributed by atoms with Gasteiger partial charge in [0.05, 0.1) is 17.2 Å². The Morgan fingerprint density at radius 3 is 2.83 bits per heavy atom. The average Bonchev–Trinajstić information content (AvgIpc) is 3.01. The van der Waals surface area contributed by atoms with Crippen LogP contribution in [0, 0.1) is 0 Å². The molecule has 120 valence electrons. The fourth-order valence-electron chi connectivity index (χ4n) is 2.54. The Kier molecular flexibility index (Phi) is 3.38. The topological polar surface area (TPSA) is 79.7 Å². The predicted octanol–water partition coefficient (Wildman–Crippen LogP) is 2.30. The third kappa shape index (κ3) is 2.79. The number of aryl methyl sites for hydroxylation is 1. The third-order valence-corrected chi connectivity index (χ3v) is 3.72. The number of nitrogens with zero attached hydrogens (tertiary/aromatic N) is 4. The molecule has 7 heteroatoms. The molecule has 0 fully saturated rings. The van der Waals surface area contributed by atoms with Crippen LogP contribution in [0.3, 0.4) is 0 Å². The maximum atomic E-state index is 4.66. The summed E-state index contributed by atoms with van der Waals surface area (Å²) in [4.78, 5) is 9.15. The Bertz CT molecular complexity index is 968. The third-order valence-electron chi connectivity index (χ3n) is 3.72. The quantitative estimate of drug-likeness (QED) is 0.687. The van der Waals surface area contributed by atoms with E-state index in [0.29, 0.717) is 0 Å². The normalized spacial score (nSPS) is 13.8. The van der Waals surface area contributed by atoms with Gasteiger partial charge in [0.25, 0.3) is 0 Å². The molecule has 0 unspecified atom stereocenters. The molecular weight excluding hydrogens is 302 g/mol. The molecule has 0 aromatic carbocycles. The Morgan fingerprint density at radius 1 is 1.12 bits per heavy atom. The second kappa shape index (κ2) is 5.69. The summed E-state index contributed by atoms with van der Waals surface area (Å²) >= 11 is 0. The van der Waals surface area contributed by atoms with Crippen molar-refractivity contribution in [2.75, 3.05) is 5.32 Å². The zero-order chi connectivity index (χ0) is 16.5. The highest BCUT2D eigenvalue weighted by atomic mass is 15.4. The van der Waals surface area contributed by atoms with Gasteiger partial charge in [0.15, 0.2) is 0 Å². The number of hydrazine groups is 1. The molecule has 1 aliphatic heterocycles. The first kappa shape index (κ1) is 14.3. The second-order valence-electron chi connectivity index (χ2n) is 5.70. The number of fused-ring (bicyclic) bond motifs is 1. The standard InChI is InChI=1S/C17H17N7/c1-11-5-17(23-19-7-11)22-16-4-3-14-15(21-16)6-12(8-18-14)13-9-20-24(2)10-13/h3-10,19,23H,1-2H3,(H,21,22). The Balaban J connectivity index is 1.67. The van der Waals surface area contributed by atoms with Crippen LogP contribution < -0.4 is 16.2 Å². The van der Waals surface area contributed by atoms with Crippen molar-refractivity contribution in [3.8, 4) is 11.1 Å². The van der Waals surface area contributed by atoms with Crippen LogP contribution in [0.1, 0.15) is 6.92 Å². The molecule has 3 N–H and O–H groups in total. The van der Waals surface area contributed by atoms with Crippen molar-refractivity contribution >= 4 is 16.9 Å². The van der Waals surface area contributed by atoms with Crippen LogP contribution in [0.15, 0.2) is 60.5 Å². The summed E-state index contributed by atoms with van der Waals surface area (Å²) in [7, 11) is 1.90. The van der Waals surface area contributed by atoms with Gasteiger partial charge in [0.2, 0.25) is 0 Å². The van der Waals surface area contributed by atoms with Gasteiger partial charge in [-0.2, -0.15) is 5.10 Å². The van der Waals surface area contributed by atoms with E-state index in [1.54, 1.807) is 4.68 Å². The highest BCUT2D eigenvalue weighted by molar-refractivity contribution is 5.81. The monoisotopic (exact) mass is 319 g/mol. The number of nitrogens with one attached hydrogen (secondary N) is 3. The molecule has 3 aromatic rings. The minimum atomic E-state index is 0.753. The first-order valence-electron chi connectivity index (χ1n) is 7.60. The van der Waals surface area contributed by atoms with Gasteiger partial charge < -0.3 is 10.7 Å². The molecule has 0 bridgehead atoms. The lowest BCUT2D eigenvalue weighted by Gasteiger charge is -2.17. The van der Waals surface area contributed by atoms with E-state index in [2.05, 4.69) is 31.2 Å². The number of rotatable bonds is 3. The molecule has 7 nitrogen and oxygen atoms in total. The summed E-state index contributed by atoms with van der Waals surface area (Å²) in [6, 6.07) is 5.89. The summed E-state index contributed by atoms with van der Waals surface area (Å²) < 4.78 is 1.77. The molecule has 0 spiro atoms. The van der Waals surface area contributed by atoms with E-state index in [1.165, 1.54) is 0 Å². The van der Waals surface area contributed by atoms with Gasteiger partial charge in [0, 0.05) is 36.8 Å². The molecule has 4 heterocycles. The van der Waals surface area contributed by atoms with E-state index < -0.39 is 0 Å². The van der Waals surface area contributed by atoms with Crippen LogP contribution in [-0.4, -0.2) is 19.7 Å². The number of aromatic nitrogens is 4. The Hall–Kier alpha value is -3.35. The van der Waals surface area contributed by atoms with E-state index in [4.69, 9.17) is 0 Å². The van der Waals surface area contributed by atoms with E-state index in [9.17, 15) is 0 Å². The summed E-state index contributed by atoms with van der Waals surface area (Å²) in [6.07, 6.45) is 9.53. The fourth-order valence-corrected chi connectivity index (χ4v) is 2.54. The van der Waals surface area contributed by atoms with Crippen LogP contribution >= 0.6 is 0 Å². The second-order valence-corrected chi connectivity index (χ2v) is 5.70. The molecule has 0 amide bonds. The maximum absolute atomic E-state index is 4.66. The van der Waals surface area contributed by atoms with Gasteiger partial charge in [-0.1, -0.05) is 0 Å². The lowest BCUT2D eigenvalue weighted by atomic mass is 10.1. The van der Waals surface area contributed by atoms with Gasteiger partial charge in [0.1, 0.15) is 11.6 Å². The van der Waals surface area contributed by atoms with Crippen molar-refractivity contribution in [2.45, 2.75) is 6.92 Å². The Morgan fingerprint density at radius 2 is 2.04 bits per heavy atom. The average molecular weight is 319 g/mol. The smallest absolute Gasteiger partial charge is 0.132 e. The number of pyridine rings is 2. The molecular formula is C17H17N7. The van der Waals surface area contributed by atoms with Gasteiger partial charge in [-0.3, -0.25) is 15.1 Å². The molecule has 0 saturated carbocycles. The molecule has 0 aliphatic carbocycles. The van der Waals surface area contributed by atoms with Crippen molar-refractivity contribution in [1.82, 2.24) is 30.6 Å². The zero-order valence-corrected chi connectivity index (χ0v) is 13.4. The zero-order valence-electron chi connectivity index (χ0n) is 13.4. The molecule has 24 heavy (non-hydrogen) atoms. The SMILES string of the molecule is CC1=CNNC(Nc2ccc3ncc(-c4cnn(C)c4)cc3n2)=C1. The highest BCUT2D eigenvalue weighted by Crippen LogP contribution is 2.22.